The number of fused-ring (bicyclic) bond motifs is 1. The number of carbonyl (C=O) groups excluding carboxylic acids is 2. The minimum absolute atomic E-state index is 0.0620. The number of furan rings is 1. The maximum absolute atomic E-state index is 11.5. The predicted octanol–water partition coefficient (Wildman–Crippen LogP) is 2.45. The Morgan fingerprint density at radius 3 is 2.95 bits per heavy atom. The van der Waals surface area contributed by atoms with Crippen LogP contribution < -0.4 is 5.32 Å². The van der Waals surface area contributed by atoms with E-state index in [0.29, 0.717) is 30.5 Å². The molecular formula is C16H17NO4. The number of hydrogen-bond acceptors (Lipinski definition) is 4. The highest BCUT2D eigenvalue weighted by Crippen LogP contribution is 2.23. The summed E-state index contributed by atoms with van der Waals surface area (Å²) < 4.78 is 10.1. The van der Waals surface area contributed by atoms with Gasteiger partial charge >= 0.3 is 5.97 Å². The SMILES string of the molecule is C=CCC(=O)NCCc1coc2ccc(C(=O)OC)cc12. The van der Waals surface area contributed by atoms with Gasteiger partial charge < -0.3 is 14.5 Å². The second-order valence-corrected chi connectivity index (χ2v) is 4.56. The highest BCUT2D eigenvalue weighted by Gasteiger charge is 2.11. The second kappa shape index (κ2) is 6.74. The van der Waals surface area contributed by atoms with Gasteiger partial charge in [0.05, 0.1) is 18.9 Å². The predicted molar refractivity (Wildman–Crippen MR) is 79.1 cm³/mol. The van der Waals surface area contributed by atoms with Gasteiger partial charge in [0, 0.05) is 18.4 Å². The Labute approximate surface area is 122 Å². The molecule has 0 aliphatic carbocycles. The van der Waals surface area contributed by atoms with Crippen LogP contribution in [0.1, 0.15) is 22.3 Å². The Morgan fingerprint density at radius 2 is 2.24 bits per heavy atom. The van der Waals surface area contributed by atoms with Crippen molar-refractivity contribution in [3.8, 4) is 0 Å². The van der Waals surface area contributed by atoms with Crippen molar-refractivity contribution in [1.29, 1.82) is 0 Å². The fourth-order valence-electron chi connectivity index (χ4n) is 2.06. The third-order valence-electron chi connectivity index (χ3n) is 3.12. The van der Waals surface area contributed by atoms with Gasteiger partial charge in [-0.3, -0.25) is 4.79 Å². The average molecular weight is 287 g/mol. The Morgan fingerprint density at radius 1 is 1.43 bits per heavy atom. The summed E-state index contributed by atoms with van der Waals surface area (Å²) in [5, 5.41) is 3.65. The van der Waals surface area contributed by atoms with Gasteiger partial charge in [-0.2, -0.15) is 0 Å². The third kappa shape index (κ3) is 3.51. The van der Waals surface area contributed by atoms with Crippen LogP contribution in [-0.4, -0.2) is 25.5 Å². The number of methoxy groups -OCH3 is 1. The number of nitrogens with one attached hydrogen (secondary N) is 1. The van der Waals surface area contributed by atoms with Crippen molar-refractivity contribution < 1.29 is 18.7 Å². The largest absolute Gasteiger partial charge is 0.465 e. The molecule has 5 heteroatoms. The first kappa shape index (κ1) is 14.8. The summed E-state index contributed by atoms with van der Waals surface area (Å²) in [6.07, 6.45) is 4.13. The number of benzene rings is 1. The van der Waals surface area contributed by atoms with Crippen molar-refractivity contribution >= 4 is 22.8 Å². The van der Waals surface area contributed by atoms with Crippen molar-refractivity contribution in [2.45, 2.75) is 12.8 Å². The molecule has 1 amide bonds. The maximum Gasteiger partial charge on any atom is 0.337 e. The van der Waals surface area contributed by atoms with Crippen LogP contribution in [0.4, 0.5) is 0 Å². The number of hydrogen-bond donors (Lipinski definition) is 1. The fraction of sp³-hybridized carbons (Fsp3) is 0.250. The molecule has 0 aliphatic heterocycles. The van der Waals surface area contributed by atoms with E-state index in [1.54, 1.807) is 30.5 Å². The zero-order valence-corrected chi connectivity index (χ0v) is 11.8. The molecule has 0 bridgehead atoms. The Hall–Kier alpha value is -2.56. The van der Waals surface area contributed by atoms with Gasteiger partial charge in [0.25, 0.3) is 0 Å². The topological polar surface area (TPSA) is 68.5 Å². The van der Waals surface area contributed by atoms with E-state index < -0.39 is 0 Å². The van der Waals surface area contributed by atoms with Gasteiger partial charge in [0.2, 0.25) is 5.91 Å². The molecule has 21 heavy (non-hydrogen) atoms. The molecule has 1 heterocycles. The van der Waals surface area contributed by atoms with Crippen LogP contribution in [0.2, 0.25) is 0 Å². The summed E-state index contributed by atoms with van der Waals surface area (Å²) in [6, 6.07) is 5.14. The lowest BCUT2D eigenvalue weighted by atomic mass is 10.1. The van der Waals surface area contributed by atoms with Gasteiger partial charge in [0.1, 0.15) is 5.58 Å². The highest BCUT2D eigenvalue weighted by molar-refractivity contribution is 5.95. The Balaban J connectivity index is 2.11. The molecule has 2 rings (SSSR count). The normalized spacial score (nSPS) is 10.3. The lowest BCUT2D eigenvalue weighted by Crippen LogP contribution is -2.24. The molecule has 0 radical (unpaired) electrons. The molecule has 1 aromatic carbocycles. The first-order valence-electron chi connectivity index (χ1n) is 6.61. The number of ether oxygens (including phenoxy) is 1. The third-order valence-corrected chi connectivity index (χ3v) is 3.12. The highest BCUT2D eigenvalue weighted by atomic mass is 16.5. The molecule has 0 aliphatic rings. The molecule has 0 fully saturated rings. The Kier molecular flexibility index (Phi) is 4.77. The van der Waals surface area contributed by atoms with Crippen LogP contribution in [0.15, 0.2) is 41.5 Å². The minimum Gasteiger partial charge on any atom is -0.465 e. The molecule has 0 saturated heterocycles. The van der Waals surface area contributed by atoms with Crippen LogP contribution in [0.3, 0.4) is 0 Å². The first-order valence-corrected chi connectivity index (χ1v) is 6.61. The first-order chi connectivity index (χ1) is 10.2. The molecule has 0 unspecified atom stereocenters. The van der Waals surface area contributed by atoms with E-state index in [1.807, 2.05) is 0 Å². The summed E-state index contributed by atoms with van der Waals surface area (Å²) in [7, 11) is 1.35. The summed E-state index contributed by atoms with van der Waals surface area (Å²) in [5.74, 6) is -0.448. The smallest absolute Gasteiger partial charge is 0.337 e. The van der Waals surface area contributed by atoms with E-state index >= 15 is 0 Å². The fourth-order valence-corrected chi connectivity index (χ4v) is 2.06. The molecule has 0 spiro atoms. The monoisotopic (exact) mass is 287 g/mol. The van der Waals surface area contributed by atoms with Crippen LogP contribution in [-0.2, 0) is 16.0 Å². The molecular weight excluding hydrogens is 270 g/mol. The number of amides is 1. The van der Waals surface area contributed by atoms with Crippen molar-refractivity contribution in [2.75, 3.05) is 13.7 Å². The molecule has 1 N–H and O–H groups in total. The van der Waals surface area contributed by atoms with Gasteiger partial charge in [-0.1, -0.05) is 6.08 Å². The summed E-state index contributed by atoms with van der Waals surface area (Å²) in [5.41, 5.74) is 2.12. The van der Waals surface area contributed by atoms with Gasteiger partial charge in [-0.25, -0.2) is 4.79 Å². The van der Waals surface area contributed by atoms with E-state index in [-0.39, 0.29) is 11.9 Å². The van der Waals surface area contributed by atoms with E-state index in [1.165, 1.54) is 7.11 Å². The lowest BCUT2D eigenvalue weighted by molar-refractivity contribution is -0.120. The van der Waals surface area contributed by atoms with Crippen molar-refractivity contribution in [2.24, 2.45) is 0 Å². The van der Waals surface area contributed by atoms with Crippen molar-refractivity contribution in [3.63, 3.8) is 0 Å². The molecule has 110 valence electrons. The molecule has 2 aromatic rings. The average Bonchev–Trinajstić information content (AvgIpc) is 2.89. The lowest BCUT2D eigenvalue weighted by Gasteiger charge is -2.03. The maximum atomic E-state index is 11.5. The minimum atomic E-state index is -0.386. The summed E-state index contributed by atoms with van der Waals surface area (Å²) in [6.45, 7) is 4.02. The second-order valence-electron chi connectivity index (χ2n) is 4.56. The molecule has 5 nitrogen and oxygen atoms in total. The zero-order chi connectivity index (χ0) is 15.2. The standard InChI is InChI=1S/C16H17NO4/c1-3-4-15(18)17-8-7-12-10-21-14-6-5-11(9-13(12)14)16(19)20-2/h3,5-6,9-10H,1,4,7-8H2,2H3,(H,17,18). The van der Waals surface area contributed by atoms with Gasteiger partial charge in [0.15, 0.2) is 0 Å². The van der Waals surface area contributed by atoms with E-state index in [9.17, 15) is 9.59 Å². The summed E-state index contributed by atoms with van der Waals surface area (Å²) in [4.78, 5) is 22.9. The molecule has 0 atom stereocenters. The molecule has 0 saturated carbocycles. The Bertz CT molecular complexity index is 672. The number of esters is 1. The van der Waals surface area contributed by atoms with Crippen LogP contribution in [0, 0.1) is 0 Å². The van der Waals surface area contributed by atoms with E-state index in [4.69, 9.17) is 9.15 Å². The van der Waals surface area contributed by atoms with Crippen molar-refractivity contribution in [3.05, 3.63) is 48.2 Å². The van der Waals surface area contributed by atoms with Crippen LogP contribution >= 0.6 is 0 Å². The number of carbonyl (C=O) groups is 2. The zero-order valence-electron chi connectivity index (χ0n) is 11.8. The quantitative estimate of drug-likeness (QED) is 0.654. The van der Waals surface area contributed by atoms with Crippen molar-refractivity contribution in [1.82, 2.24) is 5.32 Å². The number of rotatable bonds is 6. The molecule has 1 aromatic heterocycles. The van der Waals surface area contributed by atoms with E-state index in [2.05, 4.69) is 11.9 Å². The van der Waals surface area contributed by atoms with Gasteiger partial charge in [-0.05, 0) is 30.2 Å². The van der Waals surface area contributed by atoms with Crippen LogP contribution in [0.25, 0.3) is 11.0 Å². The van der Waals surface area contributed by atoms with Crippen LogP contribution in [0.5, 0.6) is 0 Å². The van der Waals surface area contributed by atoms with Gasteiger partial charge in [-0.15, -0.1) is 6.58 Å². The summed E-state index contributed by atoms with van der Waals surface area (Å²) >= 11 is 0. The van der Waals surface area contributed by atoms with E-state index in [0.717, 1.165) is 10.9 Å².